The van der Waals surface area contributed by atoms with Gasteiger partial charge in [-0.2, -0.15) is 0 Å². The molecule has 23 heavy (non-hydrogen) atoms. The van der Waals surface area contributed by atoms with E-state index in [0.717, 1.165) is 23.3 Å². The van der Waals surface area contributed by atoms with E-state index in [2.05, 4.69) is 20.5 Å². The molecule has 6 nitrogen and oxygen atoms in total. The normalized spacial score (nSPS) is 10.7. The largest absolute Gasteiger partial charge is 0.373 e. The maximum atomic E-state index is 12.1. The van der Waals surface area contributed by atoms with E-state index in [0.29, 0.717) is 6.54 Å². The third kappa shape index (κ3) is 3.66. The number of carbonyl (C=O) groups excluding carboxylic acids is 1. The van der Waals surface area contributed by atoms with Crippen LogP contribution in [0.1, 0.15) is 0 Å². The van der Waals surface area contributed by atoms with Gasteiger partial charge in [-0.25, -0.2) is 4.68 Å². The van der Waals surface area contributed by atoms with Crippen molar-refractivity contribution in [2.75, 3.05) is 25.0 Å². The van der Waals surface area contributed by atoms with Crippen LogP contribution >= 0.6 is 0 Å². The second-order valence-electron chi connectivity index (χ2n) is 5.34. The molecule has 1 aromatic heterocycles. The van der Waals surface area contributed by atoms with Crippen LogP contribution in [0.2, 0.25) is 0 Å². The molecule has 0 saturated heterocycles. The molecule has 0 bridgehead atoms. The van der Waals surface area contributed by atoms with Gasteiger partial charge in [0.1, 0.15) is 12.1 Å². The molecule has 0 radical (unpaired) electrons. The predicted molar refractivity (Wildman–Crippen MR) is 90.2 cm³/mol. The van der Waals surface area contributed by atoms with Crippen molar-refractivity contribution in [3.8, 4) is 0 Å². The lowest BCUT2D eigenvalue weighted by Crippen LogP contribution is -2.35. The summed E-state index contributed by atoms with van der Waals surface area (Å²) in [6.45, 7) is 1.50. The van der Waals surface area contributed by atoms with Crippen molar-refractivity contribution in [3.63, 3.8) is 0 Å². The Labute approximate surface area is 134 Å². The number of benzene rings is 2. The van der Waals surface area contributed by atoms with Crippen molar-refractivity contribution in [2.24, 2.45) is 0 Å². The lowest BCUT2D eigenvalue weighted by molar-refractivity contribution is -0.121. The fourth-order valence-corrected chi connectivity index (χ4v) is 2.40. The Balaban J connectivity index is 1.50. The van der Waals surface area contributed by atoms with Gasteiger partial charge in [-0.05, 0) is 24.3 Å². The summed E-state index contributed by atoms with van der Waals surface area (Å²) in [4.78, 5) is 14.2. The maximum absolute atomic E-state index is 12.1. The van der Waals surface area contributed by atoms with Crippen LogP contribution in [0.15, 0.2) is 54.6 Å². The van der Waals surface area contributed by atoms with Crippen LogP contribution in [0.5, 0.6) is 0 Å². The highest BCUT2D eigenvalue weighted by atomic mass is 16.2. The first-order valence-electron chi connectivity index (χ1n) is 7.55. The average Bonchev–Trinajstić information content (AvgIpc) is 2.99. The summed E-state index contributed by atoms with van der Waals surface area (Å²) in [5.74, 6) is -0.0675. The summed E-state index contributed by atoms with van der Waals surface area (Å²) in [5.41, 5.74) is 2.79. The number of likely N-dealkylation sites (N-methyl/N-ethyl adjacent to an activating group) is 1. The molecule has 0 aliphatic heterocycles. The Hall–Kier alpha value is -2.89. The second-order valence-corrected chi connectivity index (χ2v) is 5.34. The van der Waals surface area contributed by atoms with Gasteiger partial charge >= 0.3 is 0 Å². The molecule has 6 heteroatoms. The van der Waals surface area contributed by atoms with E-state index in [4.69, 9.17) is 0 Å². The molecule has 0 unspecified atom stereocenters. The predicted octanol–water partition coefficient (Wildman–Crippen LogP) is 1.68. The van der Waals surface area contributed by atoms with Crippen molar-refractivity contribution < 1.29 is 4.79 Å². The first-order valence-corrected chi connectivity index (χ1v) is 7.55. The van der Waals surface area contributed by atoms with Crippen LogP contribution in [-0.2, 0) is 11.3 Å². The number of aromatic nitrogens is 3. The Morgan fingerprint density at radius 1 is 1.13 bits per heavy atom. The van der Waals surface area contributed by atoms with Crippen molar-refractivity contribution in [3.05, 3.63) is 54.6 Å². The van der Waals surface area contributed by atoms with Gasteiger partial charge in [0.05, 0.1) is 5.52 Å². The fourth-order valence-electron chi connectivity index (χ4n) is 2.40. The second kappa shape index (κ2) is 6.91. The van der Waals surface area contributed by atoms with Crippen LogP contribution in [0.3, 0.4) is 0 Å². The van der Waals surface area contributed by atoms with Crippen LogP contribution in [0.4, 0.5) is 5.69 Å². The molecule has 0 aliphatic rings. The zero-order valence-corrected chi connectivity index (χ0v) is 13.0. The third-order valence-corrected chi connectivity index (χ3v) is 3.68. The Bertz CT molecular complexity index is 784. The van der Waals surface area contributed by atoms with Crippen molar-refractivity contribution in [1.82, 2.24) is 20.3 Å². The highest BCUT2D eigenvalue weighted by Gasteiger charge is 2.08. The molecule has 2 aromatic carbocycles. The fraction of sp³-hybridized carbons (Fsp3) is 0.235. The molecule has 1 heterocycles. The van der Waals surface area contributed by atoms with E-state index in [1.54, 1.807) is 4.68 Å². The SMILES string of the molecule is CN(CCNC(=O)Cn1nnc2ccccc21)c1ccccc1. The van der Waals surface area contributed by atoms with Gasteiger partial charge in [0.15, 0.2) is 0 Å². The van der Waals surface area contributed by atoms with Gasteiger partial charge in [-0.15, -0.1) is 5.10 Å². The molecule has 0 atom stereocenters. The average molecular weight is 309 g/mol. The zero-order valence-electron chi connectivity index (χ0n) is 13.0. The Morgan fingerprint density at radius 2 is 1.87 bits per heavy atom. The number of amides is 1. The molecular formula is C17H19N5O. The Kier molecular flexibility index (Phi) is 4.52. The third-order valence-electron chi connectivity index (χ3n) is 3.68. The standard InChI is InChI=1S/C17H19N5O/c1-21(14-7-3-2-4-8-14)12-11-18-17(23)13-22-16-10-6-5-9-15(16)19-20-22/h2-10H,11-13H2,1H3,(H,18,23). The number of carbonyl (C=O) groups is 1. The first-order chi connectivity index (χ1) is 11.2. The van der Waals surface area contributed by atoms with E-state index in [1.807, 2.05) is 61.6 Å². The van der Waals surface area contributed by atoms with E-state index >= 15 is 0 Å². The van der Waals surface area contributed by atoms with E-state index < -0.39 is 0 Å². The minimum atomic E-state index is -0.0675. The van der Waals surface area contributed by atoms with Crippen molar-refractivity contribution >= 4 is 22.6 Å². The molecule has 3 aromatic rings. The number of anilines is 1. The monoisotopic (exact) mass is 309 g/mol. The molecular weight excluding hydrogens is 290 g/mol. The van der Waals surface area contributed by atoms with E-state index in [9.17, 15) is 4.79 Å². The Morgan fingerprint density at radius 3 is 2.70 bits per heavy atom. The first kappa shape index (κ1) is 15.0. The topological polar surface area (TPSA) is 63.1 Å². The zero-order chi connectivity index (χ0) is 16.1. The lowest BCUT2D eigenvalue weighted by Gasteiger charge is -2.19. The van der Waals surface area contributed by atoms with Gasteiger partial charge in [-0.3, -0.25) is 4.79 Å². The summed E-state index contributed by atoms with van der Waals surface area (Å²) in [6, 6.07) is 17.7. The minimum absolute atomic E-state index is 0.0675. The summed E-state index contributed by atoms with van der Waals surface area (Å²) < 4.78 is 1.62. The van der Waals surface area contributed by atoms with Gasteiger partial charge in [-0.1, -0.05) is 35.5 Å². The number of nitrogens with one attached hydrogen (secondary N) is 1. The highest BCUT2D eigenvalue weighted by molar-refractivity contribution is 5.79. The number of fused-ring (bicyclic) bond motifs is 1. The molecule has 0 aliphatic carbocycles. The summed E-state index contributed by atoms with van der Waals surface area (Å²) in [6.07, 6.45) is 0. The van der Waals surface area contributed by atoms with Crippen LogP contribution in [0.25, 0.3) is 11.0 Å². The minimum Gasteiger partial charge on any atom is -0.373 e. The van der Waals surface area contributed by atoms with Gasteiger partial charge < -0.3 is 10.2 Å². The number of hydrogen-bond donors (Lipinski definition) is 1. The van der Waals surface area contributed by atoms with Crippen LogP contribution in [0, 0.1) is 0 Å². The number of rotatable bonds is 6. The summed E-state index contributed by atoms with van der Waals surface area (Å²) in [5, 5.41) is 11.0. The number of nitrogens with zero attached hydrogens (tertiary/aromatic N) is 4. The quantitative estimate of drug-likeness (QED) is 0.752. The number of para-hydroxylation sites is 2. The molecule has 3 rings (SSSR count). The van der Waals surface area contributed by atoms with Crippen LogP contribution < -0.4 is 10.2 Å². The lowest BCUT2D eigenvalue weighted by atomic mass is 10.3. The van der Waals surface area contributed by atoms with Crippen molar-refractivity contribution in [1.29, 1.82) is 0 Å². The van der Waals surface area contributed by atoms with Gasteiger partial charge in [0.25, 0.3) is 0 Å². The molecule has 118 valence electrons. The number of hydrogen-bond acceptors (Lipinski definition) is 4. The maximum Gasteiger partial charge on any atom is 0.241 e. The van der Waals surface area contributed by atoms with Crippen molar-refractivity contribution in [2.45, 2.75) is 6.54 Å². The summed E-state index contributed by atoms with van der Waals surface area (Å²) >= 11 is 0. The van der Waals surface area contributed by atoms with E-state index in [-0.39, 0.29) is 12.5 Å². The summed E-state index contributed by atoms with van der Waals surface area (Å²) in [7, 11) is 2.01. The van der Waals surface area contributed by atoms with Gasteiger partial charge in [0, 0.05) is 25.8 Å². The highest BCUT2D eigenvalue weighted by Crippen LogP contribution is 2.10. The van der Waals surface area contributed by atoms with Gasteiger partial charge in [0.2, 0.25) is 5.91 Å². The molecule has 0 spiro atoms. The van der Waals surface area contributed by atoms with E-state index in [1.165, 1.54) is 0 Å². The van der Waals surface area contributed by atoms with Crippen LogP contribution in [-0.4, -0.2) is 41.0 Å². The molecule has 1 N–H and O–H groups in total. The smallest absolute Gasteiger partial charge is 0.241 e. The molecule has 0 saturated carbocycles. The molecule has 1 amide bonds. The molecule has 0 fully saturated rings.